The summed E-state index contributed by atoms with van der Waals surface area (Å²) in [5.74, 6) is 0. The largest absolute Gasteiger partial charge is 0.398 e. The summed E-state index contributed by atoms with van der Waals surface area (Å²) in [5, 5.41) is 0. The van der Waals surface area contributed by atoms with Gasteiger partial charge in [-0.1, -0.05) is 18.2 Å². The van der Waals surface area contributed by atoms with Crippen molar-refractivity contribution in [2.45, 2.75) is 6.42 Å². The van der Waals surface area contributed by atoms with E-state index in [1.165, 1.54) is 11.1 Å². The number of benzene rings is 1. The number of para-hydroxylation sites is 1. The van der Waals surface area contributed by atoms with Gasteiger partial charge in [0, 0.05) is 18.1 Å². The Hall–Kier alpha value is -1.83. The highest BCUT2D eigenvalue weighted by molar-refractivity contribution is 5.48. The molecule has 0 aliphatic carbocycles. The standard InChI is InChI=1S/C12H12N2/c13-12-4-2-1-3-11(12)9-10-5-7-14-8-6-10/h1-8H,9,13H2. The maximum absolute atomic E-state index is 5.85. The number of nitrogens with zero attached hydrogens (tertiary/aromatic N) is 1. The summed E-state index contributed by atoms with van der Waals surface area (Å²) < 4.78 is 0. The first kappa shape index (κ1) is 8.75. The van der Waals surface area contributed by atoms with E-state index in [1.807, 2.05) is 30.3 Å². The molecule has 0 aliphatic heterocycles. The molecule has 1 aromatic carbocycles. The summed E-state index contributed by atoms with van der Waals surface area (Å²) in [6, 6.07) is 11.9. The van der Waals surface area contributed by atoms with E-state index in [9.17, 15) is 0 Å². The SMILES string of the molecule is Nc1ccccc1Cc1ccncc1. The lowest BCUT2D eigenvalue weighted by atomic mass is 10.0. The molecule has 2 heteroatoms. The van der Waals surface area contributed by atoms with Gasteiger partial charge in [-0.2, -0.15) is 0 Å². The van der Waals surface area contributed by atoms with Crippen molar-refractivity contribution in [3.8, 4) is 0 Å². The van der Waals surface area contributed by atoms with E-state index in [1.54, 1.807) is 12.4 Å². The summed E-state index contributed by atoms with van der Waals surface area (Å²) in [5.41, 5.74) is 9.10. The smallest absolute Gasteiger partial charge is 0.0349 e. The fraction of sp³-hybridized carbons (Fsp3) is 0.0833. The Kier molecular flexibility index (Phi) is 2.45. The summed E-state index contributed by atoms with van der Waals surface area (Å²) in [4.78, 5) is 3.98. The Morgan fingerprint density at radius 1 is 1.00 bits per heavy atom. The Morgan fingerprint density at radius 3 is 2.43 bits per heavy atom. The second-order valence-electron chi connectivity index (χ2n) is 3.23. The number of hydrogen-bond donors (Lipinski definition) is 1. The number of rotatable bonds is 2. The van der Waals surface area contributed by atoms with Gasteiger partial charge in [0.1, 0.15) is 0 Å². The molecule has 70 valence electrons. The van der Waals surface area contributed by atoms with Crippen LogP contribution in [0.5, 0.6) is 0 Å². The van der Waals surface area contributed by atoms with Crippen LogP contribution in [0, 0.1) is 0 Å². The zero-order chi connectivity index (χ0) is 9.80. The van der Waals surface area contributed by atoms with E-state index in [2.05, 4.69) is 11.1 Å². The van der Waals surface area contributed by atoms with Crippen molar-refractivity contribution in [1.82, 2.24) is 4.98 Å². The van der Waals surface area contributed by atoms with Crippen LogP contribution in [0.1, 0.15) is 11.1 Å². The molecule has 1 heterocycles. The highest BCUT2D eigenvalue weighted by atomic mass is 14.6. The Morgan fingerprint density at radius 2 is 1.71 bits per heavy atom. The number of anilines is 1. The van der Waals surface area contributed by atoms with Crippen LogP contribution >= 0.6 is 0 Å². The number of pyridine rings is 1. The minimum Gasteiger partial charge on any atom is -0.398 e. The molecule has 1 aromatic heterocycles. The number of nitrogen functional groups attached to an aromatic ring is 1. The quantitative estimate of drug-likeness (QED) is 0.727. The highest BCUT2D eigenvalue weighted by Gasteiger charge is 1.98. The fourth-order valence-corrected chi connectivity index (χ4v) is 1.42. The van der Waals surface area contributed by atoms with Gasteiger partial charge in [-0.25, -0.2) is 0 Å². The van der Waals surface area contributed by atoms with Crippen molar-refractivity contribution >= 4 is 5.69 Å². The van der Waals surface area contributed by atoms with E-state index in [-0.39, 0.29) is 0 Å². The van der Waals surface area contributed by atoms with Gasteiger partial charge in [0.2, 0.25) is 0 Å². The molecule has 0 amide bonds. The van der Waals surface area contributed by atoms with Crippen LogP contribution in [0.25, 0.3) is 0 Å². The molecular weight excluding hydrogens is 172 g/mol. The van der Waals surface area contributed by atoms with E-state index >= 15 is 0 Å². The van der Waals surface area contributed by atoms with Crippen molar-refractivity contribution < 1.29 is 0 Å². The van der Waals surface area contributed by atoms with Crippen LogP contribution in [0.15, 0.2) is 48.8 Å². The van der Waals surface area contributed by atoms with Gasteiger partial charge in [-0.3, -0.25) is 4.98 Å². The topological polar surface area (TPSA) is 38.9 Å². The predicted octanol–water partition coefficient (Wildman–Crippen LogP) is 2.25. The number of hydrogen-bond acceptors (Lipinski definition) is 2. The lowest BCUT2D eigenvalue weighted by molar-refractivity contribution is 1.17. The molecule has 0 bridgehead atoms. The lowest BCUT2D eigenvalue weighted by Gasteiger charge is -2.04. The summed E-state index contributed by atoms with van der Waals surface area (Å²) >= 11 is 0. The lowest BCUT2D eigenvalue weighted by Crippen LogP contribution is -1.94. The van der Waals surface area contributed by atoms with Crippen LogP contribution in [0.2, 0.25) is 0 Å². The van der Waals surface area contributed by atoms with E-state index in [0.717, 1.165) is 12.1 Å². The van der Waals surface area contributed by atoms with Crippen LogP contribution in [0.4, 0.5) is 5.69 Å². The molecule has 0 radical (unpaired) electrons. The van der Waals surface area contributed by atoms with Crippen LogP contribution in [-0.4, -0.2) is 4.98 Å². The molecule has 2 nitrogen and oxygen atoms in total. The molecule has 0 spiro atoms. The molecule has 0 aliphatic rings. The van der Waals surface area contributed by atoms with Gasteiger partial charge in [0.05, 0.1) is 0 Å². The van der Waals surface area contributed by atoms with Gasteiger partial charge in [0.15, 0.2) is 0 Å². The number of nitrogens with two attached hydrogens (primary N) is 1. The van der Waals surface area contributed by atoms with Gasteiger partial charge in [-0.05, 0) is 35.7 Å². The summed E-state index contributed by atoms with van der Waals surface area (Å²) in [7, 11) is 0. The molecule has 2 aromatic rings. The van der Waals surface area contributed by atoms with Crippen molar-refractivity contribution in [1.29, 1.82) is 0 Å². The normalized spacial score (nSPS) is 10.0. The molecule has 2 N–H and O–H groups in total. The number of aromatic nitrogens is 1. The van der Waals surface area contributed by atoms with Gasteiger partial charge >= 0.3 is 0 Å². The minimum absolute atomic E-state index is 0.851. The van der Waals surface area contributed by atoms with Crippen LogP contribution in [0.3, 0.4) is 0 Å². The zero-order valence-corrected chi connectivity index (χ0v) is 7.85. The average molecular weight is 184 g/mol. The minimum atomic E-state index is 0.851. The third-order valence-electron chi connectivity index (χ3n) is 2.20. The molecule has 0 fully saturated rings. The Balaban J connectivity index is 2.24. The van der Waals surface area contributed by atoms with Gasteiger partial charge < -0.3 is 5.73 Å². The first-order chi connectivity index (χ1) is 6.86. The van der Waals surface area contributed by atoms with Crippen LogP contribution in [-0.2, 0) is 6.42 Å². The first-order valence-corrected chi connectivity index (χ1v) is 4.58. The zero-order valence-electron chi connectivity index (χ0n) is 7.85. The monoisotopic (exact) mass is 184 g/mol. The average Bonchev–Trinajstić information content (AvgIpc) is 2.23. The van der Waals surface area contributed by atoms with Crippen LogP contribution < -0.4 is 5.73 Å². The van der Waals surface area contributed by atoms with E-state index in [4.69, 9.17) is 5.73 Å². The molecule has 0 atom stereocenters. The van der Waals surface area contributed by atoms with E-state index < -0.39 is 0 Å². The highest BCUT2D eigenvalue weighted by Crippen LogP contribution is 2.14. The predicted molar refractivity (Wildman–Crippen MR) is 57.9 cm³/mol. The summed E-state index contributed by atoms with van der Waals surface area (Å²) in [6.45, 7) is 0. The Bertz CT molecular complexity index is 410. The second kappa shape index (κ2) is 3.92. The fourth-order valence-electron chi connectivity index (χ4n) is 1.42. The van der Waals surface area contributed by atoms with Crippen molar-refractivity contribution in [2.24, 2.45) is 0 Å². The summed E-state index contributed by atoms with van der Waals surface area (Å²) in [6.07, 6.45) is 4.47. The van der Waals surface area contributed by atoms with Gasteiger partial charge in [-0.15, -0.1) is 0 Å². The third kappa shape index (κ3) is 1.91. The van der Waals surface area contributed by atoms with E-state index in [0.29, 0.717) is 0 Å². The first-order valence-electron chi connectivity index (χ1n) is 4.58. The Labute approximate surface area is 83.4 Å². The molecule has 14 heavy (non-hydrogen) atoms. The van der Waals surface area contributed by atoms with Crippen molar-refractivity contribution in [3.63, 3.8) is 0 Å². The molecular formula is C12H12N2. The molecule has 0 saturated heterocycles. The van der Waals surface area contributed by atoms with Gasteiger partial charge in [0.25, 0.3) is 0 Å². The maximum Gasteiger partial charge on any atom is 0.0349 e. The second-order valence-corrected chi connectivity index (χ2v) is 3.23. The molecule has 0 saturated carbocycles. The third-order valence-corrected chi connectivity index (χ3v) is 2.20. The molecule has 0 unspecified atom stereocenters. The van der Waals surface area contributed by atoms with Crippen molar-refractivity contribution in [2.75, 3.05) is 5.73 Å². The molecule has 2 rings (SSSR count). The van der Waals surface area contributed by atoms with Crippen molar-refractivity contribution in [3.05, 3.63) is 59.9 Å². The maximum atomic E-state index is 5.85.